The van der Waals surface area contributed by atoms with Gasteiger partial charge in [0.1, 0.15) is 0 Å². The van der Waals surface area contributed by atoms with Crippen LogP contribution in [0.25, 0.3) is 5.52 Å². The summed E-state index contributed by atoms with van der Waals surface area (Å²) in [4.78, 5) is 18.8. The first-order valence-electron chi connectivity index (χ1n) is 7.32. The zero-order chi connectivity index (χ0) is 15.2. The Morgan fingerprint density at radius 2 is 2.19 bits per heavy atom. The molecule has 0 radical (unpaired) electrons. The Bertz CT molecular complexity index is 680. The maximum Gasteiger partial charge on any atom is 0.255 e. The highest BCUT2D eigenvalue weighted by molar-refractivity contribution is 5.96. The van der Waals surface area contributed by atoms with E-state index in [0.717, 1.165) is 24.1 Å². The first-order valence-corrected chi connectivity index (χ1v) is 7.32. The maximum atomic E-state index is 12.9. The number of nitrogens with zero attached hydrogens (tertiary/aromatic N) is 3. The lowest BCUT2D eigenvalue weighted by atomic mass is 10.1. The summed E-state index contributed by atoms with van der Waals surface area (Å²) in [5, 5.41) is 10.1. The molecule has 1 fully saturated rings. The number of pyridine rings is 1. The Kier molecular flexibility index (Phi) is 3.24. The third-order valence-electron chi connectivity index (χ3n) is 3.88. The number of aryl methyl sites for hydroxylation is 1. The minimum Gasteiger partial charge on any atom is -0.389 e. The molecule has 1 amide bonds. The topological polar surface area (TPSA) is 57.8 Å². The van der Waals surface area contributed by atoms with Crippen molar-refractivity contribution in [2.45, 2.75) is 45.3 Å². The molecule has 0 aliphatic heterocycles. The number of amides is 1. The van der Waals surface area contributed by atoms with Crippen molar-refractivity contribution in [2.75, 3.05) is 6.54 Å². The number of fused-ring (bicyclic) bond motifs is 1. The highest BCUT2D eigenvalue weighted by atomic mass is 16.3. The summed E-state index contributed by atoms with van der Waals surface area (Å²) in [6.07, 6.45) is 5.54. The van der Waals surface area contributed by atoms with Gasteiger partial charge in [-0.1, -0.05) is 0 Å². The molecule has 0 bridgehead atoms. The van der Waals surface area contributed by atoms with Gasteiger partial charge in [0.05, 0.1) is 29.2 Å². The number of aromatic nitrogens is 2. The predicted octanol–water partition coefficient (Wildman–Crippen LogP) is 2.02. The fourth-order valence-corrected chi connectivity index (χ4v) is 2.68. The van der Waals surface area contributed by atoms with Crippen LogP contribution in [0.1, 0.15) is 42.7 Å². The largest absolute Gasteiger partial charge is 0.389 e. The zero-order valence-electron chi connectivity index (χ0n) is 12.7. The first-order chi connectivity index (χ1) is 9.87. The van der Waals surface area contributed by atoms with Gasteiger partial charge in [-0.25, -0.2) is 4.98 Å². The molecule has 2 aromatic rings. The van der Waals surface area contributed by atoms with Crippen LogP contribution in [0, 0.1) is 6.92 Å². The highest BCUT2D eigenvalue weighted by Gasteiger charge is 2.36. The number of carbonyl (C=O) groups is 1. The Labute approximate surface area is 124 Å². The quantitative estimate of drug-likeness (QED) is 0.936. The van der Waals surface area contributed by atoms with Crippen LogP contribution in [-0.2, 0) is 0 Å². The third-order valence-corrected chi connectivity index (χ3v) is 3.88. The fourth-order valence-electron chi connectivity index (χ4n) is 2.68. The molecule has 0 aromatic carbocycles. The molecule has 1 N–H and O–H groups in total. The van der Waals surface area contributed by atoms with E-state index in [1.54, 1.807) is 26.4 Å². The van der Waals surface area contributed by atoms with Gasteiger partial charge in [-0.3, -0.25) is 4.79 Å². The molecular formula is C16H21N3O2. The van der Waals surface area contributed by atoms with Gasteiger partial charge < -0.3 is 14.4 Å². The van der Waals surface area contributed by atoms with E-state index >= 15 is 0 Å². The van der Waals surface area contributed by atoms with E-state index in [0.29, 0.717) is 12.1 Å². The van der Waals surface area contributed by atoms with Gasteiger partial charge in [0, 0.05) is 18.3 Å². The number of carbonyl (C=O) groups excluding carboxylic acids is 1. The summed E-state index contributed by atoms with van der Waals surface area (Å²) < 4.78 is 1.92. The molecular weight excluding hydrogens is 266 g/mol. The minimum absolute atomic E-state index is 0.00674. The zero-order valence-corrected chi connectivity index (χ0v) is 12.7. The summed E-state index contributed by atoms with van der Waals surface area (Å²) >= 11 is 0. The molecule has 2 aromatic heterocycles. The molecule has 3 rings (SSSR count). The van der Waals surface area contributed by atoms with Gasteiger partial charge in [-0.15, -0.1) is 0 Å². The fraction of sp³-hybridized carbons (Fsp3) is 0.500. The monoisotopic (exact) mass is 287 g/mol. The lowest BCUT2D eigenvalue weighted by Crippen LogP contribution is -2.43. The summed E-state index contributed by atoms with van der Waals surface area (Å²) in [5.74, 6) is -0.00674. The summed E-state index contributed by atoms with van der Waals surface area (Å²) in [7, 11) is 0. The van der Waals surface area contributed by atoms with E-state index in [-0.39, 0.29) is 11.9 Å². The lowest BCUT2D eigenvalue weighted by molar-refractivity contribution is 0.0278. The number of imidazole rings is 1. The smallest absolute Gasteiger partial charge is 0.255 e. The molecule has 1 aliphatic carbocycles. The van der Waals surface area contributed by atoms with E-state index in [4.69, 9.17) is 0 Å². The van der Waals surface area contributed by atoms with Crippen molar-refractivity contribution in [3.05, 3.63) is 35.9 Å². The van der Waals surface area contributed by atoms with Crippen LogP contribution < -0.4 is 0 Å². The minimum atomic E-state index is -0.884. The molecule has 5 nitrogen and oxygen atoms in total. The van der Waals surface area contributed by atoms with Gasteiger partial charge in [-0.05, 0) is 45.7 Å². The molecule has 21 heavy (non-hydrogen) atoms. The van der Waals surface area contributed by atoms with Crippen LogP contribution in [0.4, 0.5) is 0 Å². The van der Waals surface area contributed by atoms with E-state index in [2.05, 4.69) is 4.98 Å². The second kappa shape index (κ2) is 4.84. The van der Waals surface area contributed by atoms with E-state index in [9.17, 15) is 9.90 Å². The van der Waals surface area contributed by atoms with Crippen molar-refractivity contribution in [3.63, 3.8) is 0 Å². The SMILES string of the molecule is Cc1c(C(=O)N(CC(C)(C)O)C2CC2)ccc2cncn12. The van der Waals surface area contributed by atoms with Crippen molar-refractivity contribution in [1.29, 1.82) is 0 Å². The van der Waals surface area contributed by atoms with Crippen LogP contribution in [-0.4, -0.2) is 43.5 Å². The standard InChI is InChI=1S/C16H21N3O2/c1-11-14(7-6-13-8-17-10-19(11)13)15(20)18(12-4-5-12)9-16(2,3)21/h6-8,10,12,21H,4-5,9H2,1-3H3. The summed E-state index contributed by atoms with van der Waals surface area (Å²) in [6, 6.07) is 4.03. The molecule has 0 spiro atoms. The van der Waals surface area contributed by atoms with Gasteiger partial charge in [-0.2, -0.15) is 0 Å². The van der Waals surface area contributed by atoms with E-state index in [1.807, 2.05) is 28.4 Å². The third kappa shape index (κ3) is 2.78. The van der Waals surface area contributed by atoms with Crippen LogP contribution in [0.2, 0.25) is 0 Å². The Morgan fingerprint density at radius 1 is 1.48 bits per heavy atom. The summed E-state index contributed by atoms with van der Waals surface area (Å²) in [6.45, 7) is 5.76. The molecule has 2 heterocycles. The highest BCUT2D eigenvalue weighted by Crippen LogP contribution is 2.30. The second-order valence-electron chi connectivity index (χ2n) is 6.50. The van der Waals surface area contributed by atoms with Crippen molar-refractivity contribution in [2.24, 2.45) is 0 Å². The van der Waals surface area contributed by atoms with Crippen molar-refractivity contribution in [1.82, 2.24) is 14.3 Å². The Balaban J connectivity index is 1.95. The van der Waals surface area contributed by atoms with Crippen molar-refractivity contribution >= 4 is 11.4 Å². The van der Waals surface area contributed by atoms with Gasteiger partial charge in [0.2, 0.25) is 0 Å². The number of hydrogen-bond donors (Lipinski definition) is 1. The molecule has 0 atom stereocenters. The predicted molar refractivity (Wildman–Crippen MR) is 80.3 cm³/mol. The summed E-state index contributed by atoms with van der Waals surface area (Å²) in [5.41, 5.74) is 1.66. The maximum absolute atomic E-state index is 12.9. The van der Waals surface area contributed by atoms with E-state index in [1.165, 1.54) is 0 Å². The van der Waals surface area contributed by atoms with Crippen LogP contribution >= 0.6 is 0 Å². The molecule has 5 heteroatoms. The van der Waals surface area contributed by atoms with Crippen LogP contribution in [0.15, 0.2) is 24.7 Å². The molecule has 1 aliphatic rings. The Morgan fingerprint density at radius 3 is 2.81 bits per heavy atom. The number of aliphatic hydroxyl groups is 1. The molecule has 0 unspecified atom stereocenters. The van der Waals surface area contributed by atoms with Crippen molar-refractivity contribution in [3.8, 4) is 0 Å². The number of rotatable bonds is 4. The van der Waals surface area contributed by atoms with Crippen LogP contribution in [0.3, 0.4) is 0 Å². The van der Waals surface area contributed by atoms with Crippen LogP contribution in [0.5, 0.6) is 0 Å². The molecule has 1 saturated carbocycles. The molecule has 0 saturated heterocycles. The average Bonchev–Trinajstić information content (AvgIpc) is 3.12. The normalized spacial score (nSPS) is 15.4. The Hall–Kier alpha value is -1.88. The number of hydrogen-bond acceptors (Lipinski definition) is 3. The average molecular weight is 287 g/mol. The second-order valence-corrected chi connectivity index (χ2v) is 6.50. The van der Waals surface area contributed by atoms with Gasteiger partial charge in [0.15, 0.2) is 0 Å². The van der Waals surface area contributed by atoms with Gasteiger partial charge >= 0.3 is 0 Å². The molecule has 112 valence electrons. The van der Waals surface area contributed by atoms with Gasteiger partial charge in [0.25, 0.3) is 5.91 Å². The van der Waals surface area contributed by atoms with E-state index < -0.39 is 5.60 Å². The lowest BCUT2D eigenvalue weighted by Gasteiger charge is -2.29. The first kappa shape index (κ1) is 14.1. The van der Waals surface area contributed by atoms with Crippen molar-refractivity contribution < 1.29 is 9.90 Å².